The summed E-state index contributed by atoms with van der Waals surface area (Å²) in [5.74, 6) is 0.760. The summed E-state index contributed by atoms with van der Waals surface area (Å²) >= 11 is 7.25. The Hall–Kier alpha value is -0.210. The van der Waals surface area contributed by atoms with Crippen molar-refractivity contribution in [1.82, 2.24) is 0 Å². The molecule has 0 fully saturated rings. The van der Waals surface area contributed by atoms with Crippen LogP contribution in [0.2, 0.25) is 4.34 Å². The normalized spacial score (nSPS) is 10.8. The lowest BCUT2D eigenvalue weighted by molar-refractivity contribution is 0.306. The van der Waals surface area contributed by atoms with Crippen molar-refractivity contribution < 1.29 is 4.74 Å². The quantitative estimate of drug-likeness (QED) is 0.673. The van der Waals surface area contributed by atoms with E-state index in [1.54, 1.807) is 0 Å². The van der Waals surface area contributed by atoms with Crippen molar-refractivity contribution in [2.24, 2.45) is 5.92 Å². The molecule has 0 aromatic carbocycles. The second-order valence-electron chi connectivity index (χ2n) is 3.44. The minimum Gasteiger partial charge on any atom is -0.484 e. The van der Waals surface area contributed by atoms with Crippen LogP contribution in [-0.2, 0) is 0 Å². The lowest BCUT2D eigenvalue weighted by Gasteiger charge is -2.04. The second kappa shape index (κ2) is 5.51. The average Bonchev–Trinajstić information content (AvgIpc) is 2.45. The molecule has 0 spiro atoms. The fourth-order valence-electron chi connectivity index (χ4n) is 1.04. The molecule has 0 N–H and O–H groups in total. The van der Waals surface area contributed by atoms with E-state index < -0.39 is 0 Å². The number of halogens is 1. The maximum absolute atomic E-state index is 5.76. The Balaban J connectivity index is 2.13. The molecule has 74 valence electrons. The van der Waals surface area contributed by atoms with Crippen LogP contribution in [0.3, 0.4) is 0 Å². The summed E-state index contributed by atoms with van der Waals surface area (Å²) < 4.78 is 6.30. The molecule has 1 aromatic rings. The number of rotatable bonds is 5. The first-order chi connectivity index (χ1) is 6.18. The van der Waals surface area contributed by atoms with Crippen LogP contribution in [0.15, 0.2) is 12.1 Å². The van der Waals surface area contributed by atoms with Gasteiger partial charge in [-0.15, -0.1) is 0 Å². The van der Waals surface area contributed by atoms with Crippen LogP contribution >= 0.6 is 22.9 Å². The highest BCUT2D eigenvalue weighted by Crippen LogP contribution is 2.28. The Bertz CT molecular complexity index is 245. The van der Waals surface area contributed by atoms with E-state index in [9.17, 15) is 0 Å². The van der Waals surface area contributed by atoms with E-state index in [0.29, 0.717) is 0 Å². The summed E-state index contributed by atoms with van der Waals surface area (Å²) in [5.41, 5.74) is 0. The minimum absolute atomic E-state index is 0.760. The molecule has 3 heteroatoms. The van der Waals surface area contributed by atoms with Crippen molar-refractivity contribution in [2.45, 2.75) is 26.7 Å². The van der Waals surface area contributed by atoms with Crippen LogP contribution in [0.5, 0.6) is 5.06 Å². The molecular weight excluding hydrogens is 204 g/mol. The highest BCUT2D eigenvalue weighted by Gasteiger charge is 1.98. The van der Waals surface area contributed by atoms with Gasteiger partial charge in [0.05, 0.1) is 10.9 Å². The molecule has 0 aliphatic carbocycles. The third-order valence-electron chi connectivity index (χ3n) is 1.72. The molecule has 1 aromatic heterocycles. The number of ether oxygens (including phenoxy) is 1. The van der Waals surface area contributed by atoms with Gasteiger partial charge in [-0.05, 0) is 30.9 Å². The van der Waals surface area contributed by atoms with Gasteiger partial charge in [0.15, 0.2) is 5.06 Å². The molecule has 1 nitrogen and oxygen atoms in total. The van der Waals surface area contributed by atoms with Gasteiger partial charge in [-0.2, -0.15) is 0 Å². The van der Waals surface area contributed by atoms with Gasteiger partial charge in [0, 0.05) is 0 Å². The van der Waals surface area contributed by atoms with Crippen LogP contribution in [0.4, 0.5) is 0 Å². The van der Waals surface area contributed by atoms with Crippen molar-refractivity contribution in [1.29, 1.82) is 0 Å². The molecule has 0 saturated heterocycles. The maximum atomic E-state index is 5.76. The van der Waals surface area contributed by atoms with E-state index in [4.69, 9.17) is 16.3 Å². The van der Waals surface area contributed by atoms with Crippen molar-refractivity contribution in [3.8, 4) is 5.06 Å². The fourth-order valence-corrected chi connectivity index (χ4v) is 1.94. The highest BCUT2D eigenvalue weighted by atomic mass is 35.5. The van der Waals surface area contributed by atoms with E-state index in [0.717, 1.165) is 28.3 Å². The maximum Gasteiger partial charge on any atom is 0.175 e. The number of hydrogen-bond donors (Lipinski definition) is 0. The summed E-state index contributed by atoms with van der Waals surface area (Å²) in [6.07, 6.45) is 2.34. The molecule has 0 amide bonds. The van der Waals surface area contributed by atoms with Crippen LogP contribution in [0.1, 0.15) is 26.7 Å². The minimum atomic E-state index is 0.760. The predicted octanol–water partition coefficient (Wildman–Crippen LogP) is 4.22. The van der Waals surface area contributed by atoms with E-state index in [1.165, 1.54) is 17.8 Å². The zero-order valence-electron chi connectivity index (χ0n) is 8.05. The van der Waals surface area contributed by atoms with Crippen molar-refractivity contribution in [3.63, 3.8) is 0 Å². The predicted molar refractivity (Wildman–Crippen MR) is 58.9 cm³/mol. The van der Waals surface area contributed by atoms with E-state index in [2.05, 4.69) is 13.8 Å². The van der Waals surface area contributed by atoms with Gasteiger partial charge in [0.2, 0.25) is 0 Å². The molecule has 0 saturated carbocycles. The highest BCUT2D eigenvalue weighted by molar-refractivity contribution is 7.17. The van der Waals surface area contributed by atoms with Gasteiger partial charge in [0.1, 0.15) is 0 Å². The molecule has 0 aliphatic rings. The smallest absolute Gasteiger partial charge is 0.175 e. The largest absolute Gasteiger partial charge is 0.484 e. The lowest BCUT2D eigenvalue weighted by Crippen LogP contribution is -1.98. The summed E-state index contributed by atoms with van der Waals surface area (Å²) in [6, 6.07) is 3.78. The molecule has 0 radical (unpaired) electrons. The topological polar surface area (TPSA) is 9.23 Å². The van der Waals surface area contributed by atoms with E-state index >= 15 is 0 Å². The summed E-state index contributed by atoms with van der Waals surface area (Å²) in [5, 5.41) is 0.925. The van der Waals surface area contributed by atoms with Gasteiger partial charge >= 0.3 is 0 Å². The van der Waals surface area contributed by atoms with Gasteiger partial charge in [-0.3, -0.25) is 0 Å². The third-order valence-corrected chi connectivity index (χ3v) is 2.86. The molecule has 0 atom stereocenters. The van der Waals surface area contributed by atoms with Crippen LogP contribution < -0.4 is 4.74 Å². The van der Waals surface area contributed by atoms with E-state index in [1.807, 2.05) is 12.1 Å². The van der Waals surface area contributed by atoms with Gasteiger partial charge in [-0.25, -0.2) is 0 Å². The Morgan fingerprint density at radius 1 is 1.46 bits per heavy atom. The first-order valence-corrected chi connectivity index (χ1v) is 5.76. The summed E-state index contributed by atoms with van der Waals surface area (Å²) in [7, 11) is 0. The zero-order chi connectivity index (χ0) is 9.68. The molecule has 1 rings (SSSR count). The number of thiophene rings is 1. The van der Waals surface area contributed by atoms with Crippen LogP contribution in [0, 0.1) is 5.92 Å². The lowest BCUT2D eigenvalue weighted by atomic mass is 10.1. The summed E-state index contributed by atoms with van der Waals surface area (Å²) in [4.78, 5) is 0. The van der Waals surface area contributed by atoms with Crippen LogP contribution in [0.25, 0.3) is 0 Å². The second-order valence-corrected chi connectivity index (χ2v) is 5.12. The fraction of sp³-hybridized carbons (Fsp3) is 0.600. The van der Waals surface area contributed by atoms with Crippen LogP contribution in [-0.4, -0.2) is 6.61 Å². The van der Waals surface area contributed by atoms with Gasteiger partial charge in [-0.1, -0.05) is 36.8 Å². The van der Waals surface area contributed by atoms with Gasteiger partial charge in [0.25, 0.3) is 0 Å². The molecule has 0 unspecified atom stereocenters. The monoisotopic (exact) mass is 218 g/mol. The SMILES string of the molecule is CC(C)CCCOc1ccc(Cl)s1. The Morgan fingerprint density at radius 2 is 2.23 bits per heavy atom. The standard InChI is InChI=1S/C10H15ClOS/c1-8(2)4-3-7-12-10-6-5-9(11)13-10/h5-6,8H,3-4,7H2,1-2H3. The van der Waals surface area contributed by atoms with Gasteiger partial charge < -0.3 is 4.74 Å². The Morgan fingerprint density at radius 3 is 2.77 bits per heavy atom. The van der Waals surface area contributed by atoms with Crippen molar-refractivity contribution >= 4 is 22.9 Å². The molecular formula is C10H15ClOS. The first kappa shape index (κ1) is 10.9. The Labute approximate surface area is 88.7 Å². The summed E-state index contributed by atoms with van der Waals surface area (Å²) in [6.45, 7) is 5.25. The number of hydrogen-bond acceptors (Lipinski definition) is 2. The molecule has 0 aliphatic heterocycles. The molecule has 0 bridgehead atoms. The van der Waals surface area contributed by atoms with Crippen molar-refractivity contribution in [2.75, 3.05) is 6.61 Å². The third kappa shape index (κ3) is 4.53. The average molecular weight is 219 g/mol. The molecule has 13 heavy (non-hydrogen) atoms. The molecule has 1 heterocycles. The Kier molecular flexibility index (Phi) is 4.60. The zero-order valence-corrected chi connectivity index (χ0v) is 9.62. The first-order valence-electron chi connectivity index (χ1n) is 4.56. The van der Waals surface area contributed by atoms with Crippen molar-refractivity contribution in [3.05, 3.63) is 16.5 Å². The van der Waals surface area contributed by atoms with E-state index in [-0.39, 0.29) is 0 Å².